The van der Waals surface area contributed by atoms with Crippen LogP contribution in [0.2, 0.25) is 0 Å². The quantitative estimate of drug-likeness (QED) is 0.706. The van der Waals surface area contributed by atoms with Gasteiger partial charge in [-0.2, -0.15) is 0 Å². The summed E-state index contributed by atoms with van der Waals surface area (Å²) in [5.74, 6) is 0.686. The van der Waals surface area contributed by atoms with E-state index in [1.54, 1.807) is 0 Å². The van der Waals surface area contributed by atoms with Gasteiger partial charge in [-0.1, -0.05) is 42.5 Å². The monoisotopic (exact) mass is 407 g/mol. The maximum Gasteiger partial charge on any atom is 0.237 e. The van der Waals surface area contributed by atoms with Gasteiger partial charge in [-0.05, 0) is 43.0 Å². The summed E-state index contributed by atoms with van der Waals surface area (Å²) >= 11 is 0. The highest BCUT2D eigenvalue weighted by Gasteiger charge is 2.46. The van der Waals surface area contributed by atoms with Crippen molar-refractivity contribution in [2.75, 3.05) is 19.7 Å². The summed E-state index contributed by atoms with van der Waals surface area (Å²) in [4.78, 5) is 27.5. The molecule has 0 bridgehead atoms. The first-order valence-corrected chi connectivity index (χ1v) is 10.7. The number of carbonyl (C=O) groups is 2. The number of hydrogen-bond acceptors (Lipinski definition) is 4. The van der Waals surface area contributed by atoms with E-state index in [0.717, 1.165) is 36.3 Å². The zero-order chi connectivity index (χ0) is 21.0. The van der Waals surface area contributed by atoms with E-state index in [-0.39, 0.29) is 23.8 Å². The van der Waals surface area contributed by atoms with E-state index in [4.69, 9.17) is 4.74 Å². The van der Waals surface area contributed by atoms with Gasteiger partial charge in [-0.15, -0.1) is 0 Å². The fourth-order valence-electron chi connectivity index (χ4n) is 4.13. The van der Waals surface area contributed by atoms with E-state index in [9.17, 15) is 9.59 Å². The van der Waals surface area contributed by atoms with Gasteiger partial charge < -0.3 is 15.4 Å². The molecular formula is C24H29N3O3. The minimum Gasteiger partial charge on any atom is -0.494 e. The van der Waals surface area contributed by atoms with E-state index < -0.39 is 6.04 Å². The molecule has 6 heteroatoms. The van der Waals surface area contributed by atoms with Crippen LogP contribution in [0.4, 0.5) is 0 Å². The second-order valence-corrected chi connectivity index (χ2v) is 8.05. The molecule has 30 heavy (non-hydrogen) atoms. The lowest BCUT2D eigenvalue weighted by atomic mass is 10.0. The Morgan fingerprint density at radius 2 is 1.90 bits per heavy atom. The van der Waals surface area contributed by atoms with Crippen molar-refractivity contribution in [2.45, 2.75) is 44.3 Å². The van der Waals surface area contributed by atoms with Crippen molar-refractivity contribution in [1.29, 1.82) is 0 Å². The molecule has 2 amide bonds. The highest BCUT2D eigenvalue weighted by molar-refractivity contribution is 5.89. The number of nitrogens with zero attached hydrogens (tertiary/aromatic N) is 1. The predicted octanol–water partition coefficient (Wildman–Crippen LogP) is 2.58. The minimum absolute atomic E-state index is 0.0740. The second-order valence-electron chi connectivity index (χ2n) is 8.05. The molecule has 0 radical (unpaired) electrons. The molecule has 4 rings (SSSR count). The molecule has 158 valence electrons. The smallest absolute Gasteiger partial charge is 0.237 e. The molecule has 0 aromatic heterocycles. The lowest BCUT2D eigenvalue weighted by Gasteiger charge is -2.35. The highest BCUT2D eigenvalue weighted by atomic mass is 16.5. The first kappa shape index (κ1) is 20.4. The van der Waals surface area contributed by atoms with Crippen molar-refractivity contribution >= 4 is 11.8 Å². The Morgan fingerprint density at radius 3 is 2.57 bits per heavy atom. The Kier molecular flexibility index (Phi) is 6.04. The van der Waals surface area contributed by atoms with Gasteiger partial charge in [0.25, 0.3) is 0 Å². The van der Waals surface area contributed by atoms with Gasteiger partial charge >= 0.3 is 0 Å². The van der Waals surface area contributed by atoms with Gasteiger partial charge in [-0.3, -0.25) is 14.5 Å². The molecule has 1 heterocycles. The zero-order valence-corrected chi connectivity index (χ0v) is 17.4. The molecule has 1 aliphatic carbocycles. The fourth-order valence-corrected chi connectivity index (χ4v) is 4.13. The Morgan fingerprint density at radius 1 is 1.17 bits per heavy atom. The van der Waals surface area contributed by atoms with Crippen LogP contribution in [0.5, 0.6) is 5.75 Å². The number of hydrogen-bond donors (Lipinski definition) is 2. The molecule has 1 saturated heterocycles. The van der Waals surface area contributed by atoms with Crippen LogP contribution in [0.1, 0.15) is 37.3 Å². The van der Waals surface area contributed by atoms with Crippen LogP contribution in [0.3, 0.4) is 0 Å². The maximum absolute atomic E-state index is 12.9. The number of amides is 2. The Balaban J connectivity index is 1.40. The third-order valence-electron chi connectivity index (χ3n) is 5.90. The van der Waals surface area contributed by atoms with Crippen molar-refractivity contribution < 1.29 is 14.3 Å². The average Bonchev–Trinajstić information content (AvgIpc) is 3.53. The standard InChI is InChI=1S/C24H29N3O3/c1-2-30-20-10-8-18(9-11-20)17-27-15-14-25-23(29)21(27)16-22(28)26-24(12-13-24)19-6-4-3-5-7-19/h3-11,21H,2,12-17H2,1H3,(H,25,29)(H,26,28). The van der Waals surface area contributed by atoms with Crippen LogP contribution in [0.25, 0.3) is 0 Å². The van der Waals surface area contributed by atoms with Gasteiger partial charge in [0.05, 0.1) is 24.6 Å². The number of rotatable bonds is 8. The Hall–Kier alpha value is -2.86. The van der Waals surface area contributed by atoms with Gasteiger partial charge in [0, 0.05) is 19.6 Å². The van der Waals surface area contributed by atoms with Crippen molar-refractivity contribution in [2.24, 2.45) is 0 Å². The zero-order valence-electron chi connectivity index (χ0n) is 17.4. The Bertz CT molecular complexity index is 878. The first-order valence-electron chi connectivity index (χ1n) is 10.7. The number of piperazine rings is 1. The van der Waals surface area contributed by atoms with Crippen molar-refractivity contribution in [1.82, 2.24) is 15.5 Å². The summed E-state index contributed by atoms with van der Waals surface area (Å²) in [6.07, 6.45) is 2.04. The van der Waals surface area contributed by atoms with Crippen LogP contribution in [0.15, 0.2) is 54.6 Å². The summed E-state index contributed by atoms with van der Waals surface area (Å²) in [5, 5.41) is 6.10. The van der Waals surface area contributed by atoms with Crippen LogP contribution in [0, 0.1) is 0 Å². The van der Waals surface area contributed by atoms with E-state index in [1.807, 2.05) is 49.4 Å². The highest BCUT2D eigenvalue weighted by Crippen LogP contribution is 2.45. The van der Waals surface area contributed by atoms with E-state index in [2.05, 4.69) is 27.7 Å². The summed E-state index contributed by atoms with van der Waals surface area (Å²) in [7, 11) is 0. The van der Waals surface area contributed by atoms with Crippen LogP contribution in [-0.4, -0.2) is 42.5 Å². The van der Waals surface area contributed by atoms with Gasteiger partial charge in [0.2, 0.25) is 11.8 Å². The summed E-state index contributed by atoms with van der Waals surface area (Å²) in [6, 6.07) is 17.5. The molecule has 2 aliphatic rings. The topological polar surface area (TPSA) is 70.7 Å². The third kappa shape index (κ3) is 4.65. The SMILES string of the molecule is CCOc1ccc(CN2CCNC(=O)C2CC(=O)NC2(c3ccccc3)CC2)cc1. The lowest BCUT2D eigenvalue weighted by molar-refractivity contribution is -0.134. The van der Waals surface area contributed by atoms with Crippen molar-refractivity contribution in [3.8, 4) is 5.75 Å². The van der Waals surface area contributed by atoms with Crippen LogP contribution in [-0.2, 0) is 21.7 Å². The lowest BCUT2D eigenvalue weighted by Crippen LogP contribution is -2.56. The van der Waals surface area contributed by atoms with E-state index in [1.165, 1.54) is 0 Å². The van der Waals surface area contributed by atoms with Crippen molar-refractivity contribution in [3.05, 3.63) is 65.7 Å². The number of ether oxygens (including phenoxy) is 1. The maximum atomic E-state index is 12.9. The molecule has 1 atom stereocenters. The molecule has 2 aromatic carbocycles. The first-order chi connectivity index (χ1) is 14.6. The second kappa shape index (κ2) is 8.88. The fraction of sp³-hybridized carbons (Fsp3) is 0.417. The molecule has 1 aliphatic heterocycles. The normalized spacial score (nSPS) is 20.3. The molecule has 0 spiro atoms. The van der Waals surface area contributed by atoms with E-state index >= 15 is 0 Å². The molecule has 2 aromatic rings. The van der Waals surface area contributed by atoms with Gasteiger partial charge in [-0.25, -0.2) is 0 Å². The molecule has 1 unspecified atom stereocenters. The largest absolute Gasteiger partial charge is 0.494 e. The molecule has 2 fully saturated rings. The third-order valence-corrected chi connectivity index (χ3v) is 5.90. The molecular weight excluding hydrogens is 378 g/mol. The number of carbonyl (C=O) groups excluding carboxylic acids is 2. The predicted molar refractivity (Wildman–Crippen MR) is 115 cm³/mol. The summed E-state index contributed by atoms with van der Waals surface area (Å²) in [6.45, 7) is 4.54. The van der Waals surface area contributed by atoms with Gasteiger partial charge in [0.15, 0.2) is 0 Å². The average molecular weight is 408 g/mol. The molecule has 2 N–H and O–H groups in total. The number of nitrogens with one attached hydrogen (secondary N) is 2. The minimum atomic E-state index is -0.461. The van der Waals surface area contributed by atoms with Crippen molar-refractivity contribution in [3.63, 3.8) is 0 Å². The summed E-state index contributed by atoms with van der Waals surface area (Å²) in [5.41, 5.74) is 1.97. The van der Waals surface area contributed by atoms with Crippen LogP contribution >= 0.6 is 0 Å². The van der Waals surface area contributed by atoms with E-state index in [0.29, 0.717) is 19.7 Å². The molecule has 6 nitrogen and oxygen atoms in total. The van der Waals surface area contributed by atoms with Gasteiger partial charge in [0.1, 0.15) is 5.75 Å². The summed E-state index contributed by atoms with van der Waals surface area (Å²) < 4.78 is 5.50. The number of benzene rings is 2. The molecule has 1 saturated carbocycles. The van der Waals surface area contributed by atoms with Crippen LogP contribution < -0.4 is 15.4 Å². The Labute approximate surface area is 177 Å².